The minimum atomic E-state index is -0.325. The molecule has 1 aromatic rings. The summed E-state index contributed by atoms with van der Waals surface area (Å²) in [6.07, 6.45) is 1.01. The maximum Gasteiger partial charge on any atom is 0.337 e. The van der Waals surface area contributed by atoms with Gasteiger partial charge in [0.25, 0.3) is 0 Å². The van der Waals surface area contributed by atoms with Gasteiger partial charge >= 0.3 is 5.97 Å². The number of rotatable bonds is 3. The Morgan fingerprint density at radius 2 is 2.42 bits per heavy atom. The molecule has 0 aliphatic carbocycles. The number of carbonyl (C=O) groups excluding carboxylic acids is 1. The number of nitrogens with zero attached hydrogens (tertiary/aromatic N) is 1. The molecule has 2 rings (SSSR count). The van der Waals surface area contributed by atoms with E-state index in [-0.39, 0.29) is 18.6 Å². The van der Waals surface area contributed by atoms with Crippen LogP contribution in [-0.4, -0.2) is 50.5 Å². The van der Waals surface area contributed by atoms with Crippen LogP contribution in [0.5, 0.6) is 0 Å². The molecule has 0 spiro atoms. The molecule has 1 aliphatic rings. The third kappa shape index (κ3) is 3.45. The summed E-state index contributed by atoms with van der Waals surface area (Å²) < 4.78 is 4.74. The van der Waals surface area contributed by atoms with Gasteiger partial charge in [-0.15, -0.1) is 0 Å². The average molecular weight is 264 g/mol. The molecule has 1 aliphatic heterocycles. The van der Waals surface area contributed by atoms with Crippen molar-refractivity contribution in [1.29, 1.82) is 0 Å². The van der Waals surface area contributed by atoms with Gasteiger partial charge in [-0.05, 0) is 31.2 Å². The molecule has 0 amide bonds. The monoisotopic (exact) mass is 264 g/mol. The van der Waals surface area contributed by atoms with E-state index >= 15 is 0 Å². The molecule has 0 saturated carbocycles. The van der Waals surface area contributed by atoms with Crippen molar-refractivity contribution in [3.8, 4) is 0 Å². The number of hydrogen-bond acceptors (Lipinski definition) is 5. The summed E-state index contributed by atoms with van der Waals surface area (Å²) in [4.78, 5) is 13.7. The van der Waals surface area contributed by atoms with Crippen molar-refractivity contribution < 1.29 is 14.6 Å². The highest BCUT2D eigenvalue weighted by molar-refractivity contribution is 5.90. The maximum atomic E-state index is 11.5. The van der Waals surface area contributed by atoms with Crippen LogP contribution < -0.4 is 10.2 Å². The molecule has 2 N–H and O–H groups in total. The molecule has 1 unspecified atom stereocenters. The van der Waals surface area contributed by atoms with Crippen molar-refractivity contribution in [3.05, 3.63) is 29.8 Å². The Morgan fingerprint density at radius 1 is 1.58 bits per heavy atom. The molecule has 1 heterocycles. The lowest BCUT2D eigenvalue weighted by molar-refractivity contribution is 0.0601. The average Bonchev–Trinajstić information content (AvgIpc) is 2.72. The second-order valence-corrected chi connectivity index (χ2v) is 4.68. The molecule has 5 nitrogen and oxygen atoms in total. The number of hydrogen-bond donors (Lipinski definition) is 2. The predicted octanol–water partition coefficient (Wildman–Crippen LogP) is 0.634. The Hall–Kier alpha value is -1.59. The second kappa shape index (κ2) is 6.54. The normalized spacial score (nSPS) is 19.9. The summed E-state index contributed by atoms with van der Waals surface area (Å²) >= 11 is 0. The molecular weight excluding hydrogens is 244 g/mol. The Labute approximate surface area is 113 Å². The summed E-state index contributed by atoms with van der Waals surface area (Å²) in [6, 6.07) is 7.49. The molecule has 0 bridgehead atoms. The highest BCUT2D eigenvalue weighted by Crippen LogP contribution is 2.18. The molecule has 1 atom stereocenters. The lowest BCUT2D eigenvalue weighted by atomic mass is 10.1. The lowest BCUT2D eigenvalue weighted by Gasteiger charge is -2.25. The molecule has 1 saturated heterocycles. The van der Waals surface area contributed by atoms with Gasteiger partial charge in [-0.3, -0.25) is 0 Å². The number of aliphatic hydroxyl groups excluding tert-OH is 1. The van der Waals surface area contributed by atoms with Gasteiger partial charge in [0.2, 0.25) is 0 Å². The summed E-state index contributed by atoms with van der Waals surface area (Å²) in [6.45, 7) is 2.67. The van der Waals surface area contributed by atoms with E-state index in [2.05, 4.69) is 10.2 Å². The number of methoxy groups -OCH3 is 1. The SMILES string of the molecule is COC(=O)c1cccc(N2CCCNC(CO)C2)c1. The highest BCUT2D eigenvalue weighted by atomic mass is 16.5. The molecule has 1 aromatic carbocycles. The van der Waals surface area contributed by atoms with E-state index < -0.39 is 0 Å². The van der Waals surface area contributed by atoms with Crippen LogP contribution in [0.25, 0.3) is 0 Å². The first-order valence-electron chi connectivity index (χ1n) is 6.52. The molecular formula is C14H20N2O3. The van der Waals surface area contributed by atoms with Gasteiger partial charge in [0, 0.05) is 24.8 Å². The van der Waals surface area contributed by atoms with Crippen molar-refractivity contribution in [3.63, 3.8) is 0 Å². The van der Waals surface area contributed by atoms with Gasteiger partial charge < -0.3 is 20.1 Å². The number of nitrogens with one attached hydrogen (secondary N) is 1. The first-order valence-corrected chi connectivity index (χ1v) is 6.52. The van der Waals surface area contributed by atoms with Crippen LogP contribution in [0.1, 0.15) is 16.8 Å². The number of carbonyl (C=O) groups is 1. The van der Waals surface area contributed by atoms with Crippen LogP contribution in [0, 0.1) is 0 Å². The smallest absolute Gasteiger partial charge is 0.337 e. The first-order chi connectivity index (χ1) is 9.24. The van der Waals surface area contributed by atoms with Crippen LogP contribution in [0.3, 0.4) is 0 Å². The zero-order valence-corrected chi connectivity index (χ0v) is 11.1. The molecule has 5 heteroatoms. The van der Waals surface area contributed by atoms with Crippen molar-refractivity contribution in [2.24, 2.45) is 0 Å². The predicted molar refractivity (Wildman–Crippen MR) is 73.5 cm³/mol. The number of aliphatic hydroxyl groups is 1. The van der Waals surface area contributed by atoms with Crippen LogP contribution in [0.15, 0.2) is 24.3 Å². The Bertz CT molecular complexity index is 436. The Morgan fingerprint density at radius 3 is 3.16 bits per heavy atom. The van der Waals surface area contributed by atoms with Gasteiger partial charge in [0.05, 0.1) is 19.3 Å². The number of anilines is 1. The fourth-order valence-electron chi connectivity index (χ4n) is 2.30. The van der Waals surface area contributed by atoms with Crippen molar-refractivity contribution in [2.75, 3.05) is 38.3 Å². The van der Waals surface area contributed by atoms with E-state index in [1.807, 2.05) is 18.2 Å². The number of benzene rings is 1. The molecule has 19 heavy (non-hydrogen) atoms. The second-order valence-electron chi connectivity index (χ2n) is 4.68. The molecule has 0 aromatic heterocycles. The lowest BCUT2D eigenvalue weighted by Crippen LogP contribution is -2.40. The topological polar surface area (TPSA) is 61.8 Å². The first kappa shape index (κ1) is 13.8. The zero-order chi connectivity index (χ0) is 13.7. The van der Waals surface area contributed by atoms with Gasteiger partial charge in [-0.1, -0.05) is 6.07 Å². The van der Waals surface area contributed by atoms with Crippen LogP contribution in [0.2, 0.25) is 0 Å². The number of ether oxygens (including phenoxy) is 1. The van der Waals surface area contributed by atoms with E-state index in [0.717, 1.165) is 31.7 Å². The summed E-state index contributed by atoms with van der Waals surface area (Å²) in [5, 5.41) is 12.6. The van der Waals surface area contributed by atoms with Crippen LogP contribution in [-0.2, 0) is 4.74 Å². The van der Waals surface area contributed by atoms with E-state index in [1.54, 1.807) is 6.07 Å². The van der Waals surface area contributed by atoms with Crippen molar-refractivity contribution in [1.82, 2.24) is 5.32 Å². The largest absolute Gasteiger partial charge is 0.465 e. The number of esters is 1. The molecule has 104 valence electrons. The fourth-order valence-corrected chi connectivity index (χ4v) is 2.30. The third-order valence-electron chi connectivity index (χ3n) is 3.33. The minimum Gasteiger partial charge on any atom is -0.465 e. The standard InChI is InChI=1S/C14H20N2O3/c1-19-14(18)11-4-2-5-13(8-11)16-7-3-6-15-12(9-16)10-17/h2,4-5,8,12,15,17H,3,6-7,9-10H2,1H3. The van der Waals surface area contributed by atoms with Crippen LogP contribution in [0.4, 0.5) is 5.69 Å². The minimum absolute atomic E-state index is 0.0734. The van der Waals surface area contributed by atoms with Gasteiger partial charge in [-0.2, -0.15) is 0 Å². The summed E-state index contributed by atoms with van der Waals surface area (Å²) in [5.74, 6) is -0.325. The van der Waals surface area contributed by atoms with Gasteiger partial charge in [0.15, 0.2) is 0 Å². The molecule has 0 radical (unpaired) electrons. The maximum absolute atomic E-state index is 11.5. The highest BCUT2D eigenvalue weighted by Gasteiger charge is 2.18. The van der Waals surface area contributed by atoms with E-state index in [9.17, 15) is 9.90 Å². The molecule has 1 fully saturated rings. The third-order valence-corrected chi connectivity index (χ3v) is 3.33. The quantitative estimate of drug-likeness (QED) is 0.784. The van der Waals surface area contributed by atoms with E-state index in [0.29, 0.717) is 5.56 Å². The van der Waals surface area contributed by atoms with Crippen molar-refractivity contribution >= 4 is 11.7 Å². The van der Waals surface area contributed by atoms with Gasteiger partial charge in [-0.25, -0.2) is 4.79 Å². The van der Waals surface area contributed by atoms with Gasteiger partial charge in [0.1, 0.15) is 0 Å². The summed E-state index contributed by atoms with van der Waals surface area (Å²) in [5.41, 5.74) is 1.54. The van der Waals surface area contributed by atoms with E-state index in [4.69, 9.17) is 4.74 Å². The Balaban J connectivity index is 2.17. The van der Waals surface area contributed by atoms with Crippen molar-refractivity contribution in [2.45, 2.75) is 12.5 Å². The van der Waals surface area contributed by atoms with Crippen LogP contribution >= 0.6 is 0 Å². The van der Waals surface area contributed by atoms with E-state index in [1.165, 1.54) is 7.11 Å². The summed E-state index contributed by atoms with van der Waals surface area (Å²) in [7, 11) is 1.38. The zero-order valence-electron chi connectivity index (χ0n) is 11.1. The Kier molecular flexibility index (Phi) is 4.76. The fraction of sp³-hybridized carbons (Fsp3) is 0.500.